The van der Waals surface area contributed by atoms with E-state index in [9.17, 15) is 0 Å². The van der Waals surface area contributed by atoms with Gasteiger partial charge in [0.05, 0.1) is 5.69 Å². The number of halogens is 1. The number of nitrogens with zero attached hydrogens (tertiary/aromatic N) is 2. The van der Waals surface area contributed by atoms with Gasteiger partial charge in [0.1, 0.15) is 0 Å². The molecule has 0 fully saturated rings. The number of hydrogen-bond donors (Lipinski definition) is 1. The Labute approximate surface area is 85.4 Å². The first-order chi connectivity index (χ1) is 5.93. The molecule has 0 aliphatic rings. The topological polar surface area (TPSA) is 37.8 Å². The van der Waals surface area contributed by atoms with Gasteiger partial charge < -0.3 is 5.32 Å². The van der Waals surface area contributed by atoms with Crippen LogP contribution in [0, 0.1) is 0 Å². The van der Waals surface area contributed by atoms with Gasteiger partial charge in [-0.2, -0.15) is 0 Å². The normalized spacial score (nSPS) is 9.31. The van der Waals surface area contributed by atoms with E-state index in [-0.39, 0.29) is 12.4 Å². The van der Waals surface area contributed by atoms with Crippen molar-refractivity contribution in [3.8, 4) is 0 Å². The summed E-state index contributed by atoms with van der Waals surface area (Å²) >= 11 is 0. The maximum Gasteiger partial charge on any atom is 0.0586 e. The number of rotatable bonds is 5. The molecular weight excluding hydrogens is 186 g/mol. The lowest BCUT2D eigenvalue weighted by molar-refractivity contribution is 0.669. The van der Waals surface area contributed by atoms with Gasteiger partial charge in [0.2, 0.25) is 0 Å². The van der Waals surface area contributed by atoms with Crippen LogP contribution in [0.3, 0.4) is 0 Å². The van der Waals surface area contributed by atoms with Crippen molar-refractivity contribution in [2.24, 2.45) is 0 Å². The molecule has 74 valence electrons. The highest BCUT2D eigenvalue weighted by molar-refractivity contribution is 5.85. The lowest BCUT2D eigenvalue weighted by atomic mass is 10.2. The summed E-state index contributed by atoms with van der Waals surface area (Å²) in [6, 6.07) is 0. The summed E-state index contributed by atoms with van der Waals surface area (Å²) in [5.74, 6) is 0. The zero-order chi connectivity index (χ0) is 8.65. The van der Waals surface area contributed by atoms with Gasteiger partial charge in [-0.15, -0.1) is 12.4 Å². The molecule has 0 bridgehead atoms. The molecule has 0 saturated carbocycles. The summed E-state index contributed by atoms with van der Waals surface area (Å²) in [4.78, 5) is 8.20. The smallest absolute Gasteiger partial charge is 0.0586 e. The number of aromatic nitrogens is 2. The molecule has 4 heteroatoms. The lowest BCUT2D eigenvalue weighted by Crippen LogP contribution is -2.07. The highest BCUT2D eigenvalue weighted by Crippen LogP contribution is 1.98. The first kappa shape index (κ1) is 12.3. The molecule has 3 nitrogen and oxygen atoms in total. The Kier molecular flexibility index (Phi) is 7.54. The highest BCUT2D eigenvalue weighted by atomic mass is 35.5. The maximum atomic E-state index is 4.19. The van der Waals surface area contributed by atoms with Crippen molar-refractivity contribution in [2.45, 2.75) is 19.3 Å². The predicted octanol–water partition coefficient (Wildman–Crippen LogP) is 1.44. The first-order valence-electron chi connectivity index (χ1n) is 4.33. The molecule has 1 aromatic rings. The fourth-order valence-corrected chi connectivity index (χ4v) is 1.07. The van der Waals surface area contributed by atoms with E-state index in [0.29, 0.717) is 0 Å². The van der Waals surface area contributed by atoms with Crippen LogP contribution in [-0.2, 0) is 6.42 Å². The molecule has 0 saturated heterocycles. The molecule has 1 heterocycles. The van der Waals surface area contributed by atoms with Crippen molar-refractivity contribution in [2.75, 3.05) is 13.6 Å². The van der Waals surface area contributed by atoms with Gasteiger partial charge in [-0.1, -0.05) is 0 Å². The van der Waals surface area contributed by atoms with Crippen molar-refractivity contribution in [1.82, 2.24) is 15.3 Å². The summed E-state index contributed by atoms with van der Waals surface area (Å²) in [6.07, 6.45) is 8.70. The standard InChI is InChI=1S/C9H15N3.ClH/c1-10-5-3-2-4-9-8-11-6-7-12-9;/h6-8,10H,2-5H2,1H3;1H. The fraction of sp³-hybridized carbons (Fsp3) is 0.556. The third kappa shape index (κ3) is 5.55. The van der Waals surface area contributed by atoms with Crippen LogP contribution in [0.15, 0.2) is 18.6 Å². The first-order valence-corrected chi connectivity index (χ1v) is 4.33. The van der Waals surface area contributed by atoms with Crippen LogP contribution in [-0.4, -0.2) is 23.6 Å². The Morgan fingerprint density at radius 1 is 1.31 bits per heavy atom. The van der Waals surface area contributed by atoms with Crippen LogP contribution in [0.5, 0.6) is 0 Å². The molecule has 13 heavy (non-hydrogen) atoms. The van der Waals surface area contributed by atoms with Crippen LogP contribution >= 0.6 is 12.4 Å². The van der Waals surface area contributed by atoms with E-state index in [1.807, 2.05) is 13.2 Å². The molecule has 0 unspecified atom stereocenters. The van der Waals surface area contributed by atoms with Gasteiger partial charge in [0, 0.05) is 18.6 Å². The highest BCUT2D eigenvalue weighted by Gasteiger charge is 1.92. The fourth-order valence-electron chi connectivity index (χ4n) is 1.07. The van der Waals surface area contributed by atoms with E-state index in [1.54, 1.807) is 12.4 Å². The van der Waals surface area contributed by atoms with Crippen molar-refractivity contribution >= 4 is 12.4 Å². The SMILES string of the molecule is CNCCCCc1cnccn1.Cl. The van der Waals surface area contributed by atoms with E-state index in [4.69, 9.17) is 0 Å². The van der Waals surface area contributed by atoms with Crippen molar-refractivity contribution in [3.05, 3.63) is 24.3 Å². The van der Waals surface area contributed by atoms with E-state index in [2.05, 4.69) is 15.3 Å². The molecular formula is C9H16ClN3. The van der Waals surface area contributed by atoms with Gasteiger partial charge in [-0.25, -0.2) is 0 Å². The second kappa shape index (κ2) is 7.95. The summed E-state index contributed by atoms with van der Waals surface area (Å²) in [5.41, 5.74) is 1.09. The van der Waals surface area contributed by atoms with Crippen molar-refractivity contribution in [3.63, 3.8) is 0 Å². The van der Waals surface area contributed by atoms with Crippen LogP contribution in [0.25, 0.3) is 0 Å². The van der Waals surface area contributed by atoms with Gasteiger partial charge in [0.25, 0.3) is 0 Å². The molecule has 0 aliphatic carbocycles. The maximum absolute atomic E-state index is 4.19. The second-order valence-electron chi connectivity index (χ2n) is 2.76. The van der Waals surface area contributed by atoms with Gasteiger partial charge in [-0.3, -0.25) is 9.97 Å². The minimum absolute atomic E-state index is 0. The molecule has 0 aromatic carbocycles. The average molecular weight is 202 g/mol. The number of hydrogen-bond acceptors (Lipinski definition) is 3. The molecule has 1 rings (SSSR count). The lowest BCUT2D eigenvalue weighted by Gasteiger charge is -1.98. The Hall–Kier alpha value is -0.670. The summed E-state index contributed by atoms with van der Waals surface area (Å²) in [6.45, 7) is 1.08. The Balaban J connectivity index is 0.00000144. The van der Waals surface area contributed by atoms with E-state index in [0.717, 1.165) is 18.7 Å². The quantitative estimate of drug-likeness (QED) is 0.733. The summed E-state index contributed by atoms with van der Waals surface area (Å²) in [5, 5.41) is 3.12. The molecule has 0 amide bonds. The van der Waals surface area contributed by atoms with E-state index in [1.165, 1.54) is 12.8 Å². The number of nitrogens with one attached hydrogen (secondary N) is 1. The number of unbranched alkanes of at least 4 members (excludes halogenated alkanes) is 1. The molecule has 0 aliphatic heterocycles. The Morgan fingerprint density at radius 2 is 2.15 bits per heavy atom. The third-order valence-corrected chi connectivity index (χ3v) is 1.73. The summed E-state index contributed by atoms with van der Waals surface area (Å²) in [7, 11) is 1.97. The summed E-state index contributed by atoms with van der Waals surface area (Å²) < 4.78 is 0. The zero-order valence-corrected chi connectivity index (χ0v) is 8.68. The average Bonchev–Trinajstić information content (AvgIpc) is 2.14. The molecule has 1 aromatic heterocycles. The zero-order valence-electron chi connectivity index (χ0n) is 7.86. The van der Waals surface area contributed by atoms with E-state index >= 15 is 0 Å². The van der Waals surface area contributed by atoms with Crippen LogP contribution in [0.4, 0.5) is 0 Å². The van der Waals surface area contributed by atoms with Crippen molar-refractivity contribution in [1.29, 1.82) is 0 Å². The third-order valence-electron chi connectivity index (χ3n) is 1.73. The second-order valence-corrected chi connectivity index (χ2v) is 2.76. The van der Waals surface area contributed by atoms with Gasteiger partial charge >= 0.3 is 0 Å². The van der Waals surface area contributed by atoms with E-state index < -0.39 is 0 Å². The minimum Gasteiger partial charge on any atom is -0.320 e. The van der Waals surface area contributed by atoms with Gasteiger partial charge in [-0.05, 0) is 32.9 Å². The van der Waals surface area contributed by atoms with Crippen LogP contribution in [0.1, 0.15) is 18.5 Å². The monoisotopic (exact) mass is 201 g/mol. The molecule has 0 radical (unpaired) electrons. The predicted molar refractivity (Wildman–Crippen MR) is 56.1 cm³/mol. The van der Waals surface area contributed by atoms with Gasteiger partial charge in [0.15, 0.2) is 0 Å². The number of aryl methyl sites for hydroxylation is 1. The minimum atomic E-state index is 0. The molecule has 0 spiro atoms. The van der Waals surface area contributed by atoms with Crippen molar-refractivity contribution < 1.29 is 0 Å². The van der Waals surface area contributed by atoms with Crippen LogP contribution in [0.2, 0.25) is 0 Å². The molecule has 1 N–H and O–H groups in total. The Bertz CT molecular complexity index is 203. The Morgan fingerprint density at radius 3 is 2.77 bits per heavy atom. The van der Waals surface area contributed by atoms with Crippen LogP contribution < -0.4 is 5.32 Å². The largest absolute Gasteiger partial charge is 0.320 e. The molecule has 0 atom stereocenters.